The van der Waals surface area contributed by atoms with Crippen molar-refractivity contribution in [3.05, 3.63) is 43.0 Å². The van der Waals surface area contributed by atoms with Gasteiger partial charge in [-0.2, -0.15) is 0 Å². The van der Waals surface area contributed by atoms with Crippen LogP contribution in [0.3, 0.4) is 0 Å². The van der Waals surface area contributed by atoms with Crippen molar-refractivity contribution in [2.45, 2.75) is 25.7 Å². The van der Waals surface area contributed by atoms with Gasteiger partial charge in [-0.25, -0.2) is 0 Å². The van der Waals surface area contributed by atoms with Crippen LogP contribution in [0, 0.1) is 0 Å². The Balaban J connectivity index is 1.45. The number of hydrogen-bond donors (Lipinski definition) is 0. The lowest BCUT2D eigenvalue weighted by Crippen LogP contribution is -2.52. The molecule has 0 unspecified atom stereocenters. The minimum Gasteiger partial charge on any atom is -0.342 e. The Kier molecular flexibility index (Phi) is 8.25. The maximum absolute atomic E-state index is 12.9. The highest BCUT2D eigenvalue weighted by Gasteiger charge is 2.24. The third-order valence-electron chi connectivity index (χ3n) is 5.82. The van der Waals surface area contributed by atoms with Crippen LogP contribution in [0.2, 0.25) is 0 Å². The van der Waals surface area contributed by atoms with Crippen molar-refractivity contribution in [3.63, 3.8) is 0 Å². The van der Waals surface area contributed by atoms with Gasteiger partial charge >= 0.3 is 0 Å². The van der Waals surface area contributed by atoms with Crippen LogP contribution >= 0.6 is 0 Å². The molecule has 0 radical (unpaired) electrons. The molecular formula is C23H34N4O2. The molecule has 2 saturated heterocycles. The van der Waals surface area contributed by atoms with E-state index in [1.165, 1.54) is 12.8 Å². The van der Waals surface area contributed by atoms with E-state index in [1.54, 1.807) is 11.0 Å². The second-order valence-corrected chi connectivity index (χ2v) is 7.98. The van der Waals surface area contributed by atoms with Crippen LogP contribution in [0.1, 0.15) is 25.7 Å². The number of nitrogens with zero attached hydrogens (tertiary/aromatic N) is 4. The summed E-state index contributed by atoms with van der Waals surface area (Å²) in [4.78, 5) is 33.7. The number of anilines is 1. The highest BCUT2D eigenvalue weighted by molar-refractivity contribution is 5.95. The molecule has 2 fully saturated rings. The largest absolute Gasteiger partial charge is 0.342 e. The molecule has 0 N–H and O–H groups in total. The fourth-order valence-electron chi connectivity index (χ4n) is 4.08. The molecule has 0 bridgehead atoms. The van der Waals surface area contributed by atoms with Crippen molar-refractivity contribution in [3.8, 4) is 0 Å². The van der Waals surface area contributed by atoms with Crippen molar-refractivity contribution < 1.29 is 9.59 Å². The molecule has 0 aromatic heterocycles. The topological polar surface area (TPSA) is 47.1 Å². The second kappa shape index (κ2) is 11.1. The van der Waals surface area contributed by atoms with Gasteiger partial charge in [-0.3, -0.25) is 19.4 Å². The highest BCUT2D eigenvalue weighted by atomic mass is 16.2. The molecule has 29 heavy (non-hydrogen) atoms. The number of piperazine rings is 1. The third-order valence-corrected chi connectivity index (χ3v) is 5.82. The van der Waals surface area contributed by atoms with E-state index in [2.05, 4.69) is 16.4 Å². The molecular weight excluding hydrogens is 364 g/mol. The Morgan fingerprint density at radius 2 is 1.45 bits per heavy atom. The van der Waals surface area contributed by atoms with Crippen LogP contribution in [-0.2, 0) is 9.59 Å². The summed E-state index contributed by atoms with van der Waals surface area (Å²) < 4.78 is 0. The lowest BCUT2D eigenvalue weighted by molar-refractivity contribution is -0.133. The van der Waals surface area contributed by atoms with Gasteiger partial charge in [-0.15, -0.1) is 6.58 Å². The van der Waals surface area contributed by atoms with Gasteiger partial charge in [0.1, 0.15) is 0 Å². The number of rotatable bonds is 7. The number of carbonyl (C=O) groups excluding carboxylic acids is 2. The minimum absolute atomic E-state index is 0.0881. The molecule has 0 atom stereocenters. The normalized spacial score (nSPS) is 18.8. The Hall–Kier alpha value is -2.18. The monoisotopic (exact) mass is 398 g/mol. The van der Waals surface area contributed by atoms with Crippen LogP contribution in [0.15, 0.2) is 43.0 Å². The van der Waals surface area contributed by atoms with Gasteiger partial charge in [0.25, 0.3) is 0 Å². The molecule has 0 saturated carbocycles. The van der Waals surface area contributed by atoms with Crippen LogP contribution in [0.4, 0.5) is 5.69 Å². The van der Waals surface area contributed by atoms with E-state index in [-0.39, 0.29) is 11.8 Å². The Labute approximate surface area is 174 Å². The summed E-state index contributed by atoms with van der Waals surface area (Å²) in [6.07, 6.45) is 6.50. The zero-order valence-corrected chi connectivity index (χ0v) is 17.5. The van der Waals surface area contributed by atoms with E-state index in [1.807, 2.05) is 35.2 Å². The van der Waals surface area contributed by atoms with Crippen molar-refractivity contribution in [2.24, 2.45) is 0 Å². The molecule has 2 heterocycles. The lowest BCUT2D eigenvalue weighted by Gasteiger charge is -2.35. The van der Waals surface area contributed by atoms with E-state index in [9.17, 15) is 9.59 Å². The summed E-state index contributed by atoms with van der Waals surface area (Å²) in [6.45, 7) is 10.3. The second-order valence-electron chi connectivity index (χ2n) is 7.98. The first-order valence-electron chi connectivity index (χ1n) is 10.9. The van der Waals surface area contributed by atoms with Crippen molar-refractivity contribution in [2.75, 3.05) is 63.8 Å². The van der Waals surface area contributed by atoms with Crippen molar-refractivity contribution in [1.82, 2.24) is 14.7 Å². The van der Waals surface area contributed by atoms with Crippen LogP contribution in [0.5, 0.6) is 0 Å². The van der Waals surface area contributed by atoms with E-state index < -0.39 is 0 Å². The number of likely N-dealkylation sites (tertiary alicyclic amines) is 1. The molecule has 1 aromatic rings. The lowest BCUT2D eigenvalue weighted by atomic mass is 10.2. The first-order chi connectivity index (χ1) is 14.2. The summed E-state index contributed by atoms with van der Waals surface area (Å²) in [5, 5.41) is 0. The number of amides is 2. The first kappa shape index (κ1) is 21.5. The molecule has 6 heteroatoms. The number of benzene rings is 1. The molecule has 158 valence electrons. The number of para-hydroxylation sites is 1. The standard InChI is InChI=1S/C23H34N4O2/c1-2-12-27(21-10-6-5-7-11-21)23(29)20-25-17-15-24(16-18-25)19-22(28)26-13-8-3-4-9-14-26/h2,5-7,10-11H,1,3-4,8-9,12-20H2. The summed E-state index contributed by atoms with van der Waals surface area (Å²) >= 11 is 0. The molecule has 0 spiro atoms. The van der Waals surface area contributed by atoms with E-state index in [0.29, 0.717) is 19.6 Å². The predicted octanol–water partition coefficient (Wildman–Crippen LogP) is 2.23. The SMILES string of the molecule is C=CCN(C(=O)CN1CCN(CC(=O)N2CCCCCC2)CC1)c1ccccc1. The zero-order valence-electron chi connectivity index (χ0n) is 17.5. The quantitative estimate of drug-likeness (QED) is 0.661. The van der Waals surface area contributed by atoms with Gasteiger partial charge in [0.15, 0.2) is 0 Å². The van der Waals surface area contributed by atoms with E-state index in [0.717, 1.165) is 57.8 Å². The summed E-state index contributed by atoms with van der Waals surface area (Å²) in [6, 6.07) is 9.74. The van der Waals surface area contributed by atoms with Gasteiger partial charge in [0, 0.05) is 51.5 Å². The average Bonchev–Trinajstić information content (AvgIpc) is 3.03. The zero-order chi connectivity index (χ0) is 20.5. The van der Waals surface area contributed by atoms with Crippen LogP contribution in [0.25, 0.3) is 0 Å². The molecule has 3 rings (SSSR count). The van der Waals surface area contributed by atoms with E-state index in [4.69, 9.17) is 0 Å². The average molecular weight is 399 g/mol. The number of carbonyl (C=O) groups is 2. The maximum atomic E-state index is 12.9. The van der Waals surface area contributed by atoms with E-state index >= 15 is 0 Å². The fourth-order valence-corrected chi connectivity index (χ4v) is 4.08. The molecule has 2 aliphatic heterocycles. The Morgan fingerprint density at radius 1 is 0.862 bits per heavy atom. The first-order valence-corrected chi connectivity index (χ1v) is 10.9. The van der Waals surface area contributed by atoms with Gasteiger partial charge in [0.2, 0.25) is 11.8 Å². The maximum Gasteiger partial charge on any atom is 0.241 e. The summed E-state index contributed by atoms with van der Waals surface area (Å²) in [5.41, 5.74) is 0.902. The fraction of sp³-hybridized carbons (Fsp3) is 0.565. The predicted molar refractivity (Wildman–Crippen MR) is 117 cm³/mol. The third kappa shape index (κ3) is 6.41. The molecule has 2 amide bonds. The Bertz CT molecular complexity index is 663. The smallest absolute Gasteiger partial charge is 0.241 e. The van der Waals surface area contributed by atoms with Crippen LogP contribution in [-0.4, -0.2) is 85.4 Å². The van der Waals surface area contributed by atoms with Crippen molar-refractivity contribution in [1.29, 1.82) is 0 Å². The van der Waals surface area contributed by atoms with Gasteiger partial charge in [0.05, 0.1) is 13.1 Å². The molecule has 2 aliphatic rings. The molecule has 0 aliphatic carbocycles. The van der Waals surface area contributed by atoms with Crippen LogP contribution < -0.4 is 4.90 Å². The van der Waals surface area contributed by atoms with Crippen molar-refractivity contribution >= 4 is 17.5 Å². The molecule has 1 aromatic carbocycles. The summed E-state index contributed by atoms with van der Waals surface area (Å²) in [5.74, 6) is 0.350. The van der Waals surface area contributed by atoms with Gasteiger partial charge < -0.3 is 9.80 Å². The van der Waals surface area contributed by atoms with Gasteiger partial charge in [-0.05, 0) is 25.0 Å². The minimum atomic E-state index is 0.0881. The Morgan fingerprint density at radius 3 is 2.03 bits per heavy atom. The highest BCUT2D eigenvalue weighted by Crippen LogP contribution is 2.15. The molecule has 6 nitrogen and oxygen atoms in total. The summed E-state index contributed by atoms with van der Waals surface area (Å²) in [7, 11) is 0. The number of hydrogen-bond acceptors (Lipinski definition) is 4. The van der Waals surface area contributed by atoms with Gasteiger partial charge in [-0.1, -0.05) is 37.1 Å².